The zero-order chi connectivity index (χ0) is 7.56. The van der Waals surface area contributed by atoms with Gasteiger partial charge in [-0.2, -0.15) is 17.7 Å². The number of rotatable bonds is 2. The predicted molar refractivity (Wildman–Crippen MR) is 45.8 cm³/mol. The van der Waals surface area contributed by atoms with E-state index in [0.717, 1.165) is 23.0 Å². The Morgan fingerprint density at radius 1 is 1.80 bits per heavy atom. The minimum Gasteiger partial charge on any atom is -0.268 e. The molecule has 4 heteroatoms. The predicted octanol–water partition coefficient (Wildman–Crippen LogP) is 1.77. The van der Waals surface area contributed by atoms with Gasteiger partial charge < -0.3 is 0 Å². The minimum atomic E-state index is 0.724. The van der Waals surface area contributed by atoms with Crippen molar-refractivity contribution in [1.82, 2.24) is 9.78 Å². The highest BCUT2D eigenvalue weighted by Gasteiger charge is 2.00. The first-order valence-corrected chi connectivity index (χ1v) is 4.05. The number of thiol groups is 1. The number of aryl methyl sites for hydroxylation is 1. The van der Waals surface area contributed by atoms with Gasteiger partial charge in [0.15, 0.2) is 0 Å². The van der Waals surface area contributed by atoms with Crippen molar-refractivity contribution in [1.29, 1.82) is 0 Å². The molecule has 0 bridgehead atoms. The summed E-state index contributed by atoms with van der Waals surface area (Å²) < 4.78 is 1.84. The van der Waals surface area contributed by atoms with Crippen LogP contribution in [-0.2, 0) is 6.54 Å². The normalized spacial score (nSPS) is 10.3. The summed E-state index contributed by atoms with van der Waals surface area (Å²) in [6.45, 7) is 2.76. The van der Waals surface area contributed by atoms with Crippen LogP contribution in [0.3, 0.4) is 0 Å². The van der Waals surface area contributed by atoms with Crippen molar-refractivity contribution in [2.75, 3.05) is 5.75 Å². The molecule has 0 atom stereocenters. The largest absolute Gasteiger partial charge is 0.268 e. The third-order valence-electron chi connectivity index (χ3n) is 1.36. The van der Waals surface area contributed by atoms with Gasteiger partial charge in [-0.05, 0) is 6.92 Å². The first-order valence-electron chi connectivity index (χ1n) is 3.04. The number of halogens is 1. The van der Waals surface area contributed by atoms with Gasteiger partial charge in [0.1, 0.15) is 0 Å². The van der Waals surface area contributed by atoms with Crippen molar-refractivity contribution >= 4 is 24.2 Å². The molecule has 0 saturated heterocycles. The number of aromatic nitrogens is 2. The van der Waals surface area contributed by atoms with Crippen molar-refractivity contribution in [2.24, 2.45) is 0 Å². The van der Waals surface area contributed by atoms with Crippen LogP contribution in [0.1, 0.15) is 5.69 Å². The summed E-state index contributed by atoms with van der Waals surface area (Å²) >= 11 is 9.84. The molecule has 10 heavy (non-hydrogen) atoms. The minimum absolute atomic E-state index is 0.724. The van der Waals surface area contributed by atoms with Crippen LogP contribution in [-0.4, -0.2) is 15.5 Å². The fourth-order valence-electron chi connectivity index (χ4n) is 0.744. The zero-order valence-electron chi connectivity index (χ0n) is 5.71. The van der Waals surface area contributed by atoms with Gasteiger partial charge in [-0.1, -0.05) is 11.6 Å². The second-order valence-electron chi connectivity index (χ2n) is 2.02. The van der Waals surface area contributed by atoms with E-state index >= 15 is 0 Å². The first kappa shape index (κ1) is 7.95. The van der Waals surface area contributed by atoms with E-state index in [1.807, 2.05) is 11.6 Å². The van der Waals surface area contributed by atoms with Crippen molar-refractivity contribution < 1.29 is 0 Å². The Morgan fingerprint density at radius 3 is 2.90 bits per heavy atom. The highest BCUT2D eigenvalue weighted by atomic mass is 35.5. The molecule has 0 aliphatic rings. The summed E-state index contributed by atoms with van der Waals surface area (Å²) in [5, 5.41) is 4.76. The lowest BCUT2D eigenvalue weighted by molar-refractivity contribution is 0.647. The molecule has 0 saturated carbocycles. The van der Waals surface area contributed by atoms with Crippen LogP contribution >= 0.6 is 24.2 Å². The van der Waals surface area contributed by atoms with Crippen LogP contribution in [0, 0.1) is 6.92 Å². The fourth-order valence-corrected chi connectivity index (χ4v) is 1.07. The van der Waals surface area contributed by atoms with E-state index < -0.39 is 0 Å². The molecule has 56 valence electrons. The second-order valence-corrected chi connectivity index (χ2v) is 2.88. The molecule has 0 fully saturated rings. The van der Waals surface area contributed by atoms with E-state index in [9.17, 15) is 0 Å². The molecule has 1 aromatic rings. The standard InChI is InChI=1S/C6H9ClN2S/c1-5-6(7)4-8-9(5)2-3-10/h4,10H,2-3H2,1H3. The van der Waals surface area contributed by atoms with E-state index in [1.165, 1.54) is 0 Å². The topological polar surface area (TPSA) is 17.8 Å². The molecule has 0 N–H and O–H groups in total. The summed E-state index contributed by atoms with van der Waals surface area (Å²) in [6, 6.07) is 0. The van der Waals surface area contributed by atoms with Crippen LogP contribution in [0.4, 0.5) is 0 Å². The Bertz CT molecular complexity index is 222. The van der Waals surface area contributed by atoms with Crippen LogP contribution in [0.15, 0.2) is 6.20 Å². The van der Waals surface area contributed by atoms with Gasteiger partial charge in [0.05, 0.1) is 23.5 Å². The van der Waals surface area contributed by atoms with E-state index in [0.29, 0.717) is 0 Å². The lowest BCUT2D eigenvalue weighted by atomic mass is 10.5. The maximum Gasteiger partial charge on any atom is 0.0814 e. The van der Waals surface area contributed by atoms with Crippen molar-refractivity contribution in [3.05, 3.63) is 16.9 Å². The highest BCUT2D eigenvalue weighted by molar-refractivity contribution is 7.80. The molecule has 0 amide bonds. The maximum atomic E-state index is 5.76. The Morgan fingerprint density at radius 2 is 2.50 bits per heavy atom. The van der Waals surface area contributed by atoms with Crippen LogP contribution in [0.5, 0.6) is 0 Å². The van der Waals surface area contributed by atoms with Gasteiger partial charge in [0.25, 0.3) is 0 Å². The zero-order valence-corrected chi connectivity index (χ0v) is 7.36. The average molecular weight is 177 g/mol. The van der Waals surface area contributed by atoms with Crippen LogP contribution in [0.25, 0.3) is 0 Å². The lowest BCUT2D eigenvalue weighted by Crippen LogP contribution is -2.02. The molecule has 0 aliphatic heterocycles. The summed E-state index contributed by atoms with van der Waals surface area (Å²) in [6.07, 6.45) is 1.65. The Labute approximate surface area is 70.6 Å². The van der Waals surface area contributed by atoms with Crippen LogP contribution < -0.4 is 0 Å². The van der Waals surface area contributed by atoms with Crippen LogP contribution in [0.2, 0.25) is 5.02 Å². The summed E-state index contributed by atoms with van der Waals surface area (Å²) in [7, 11) is 0. The smallest absolute Gasteiger partial charge is 0.0814 e. The number of nitrogens with zero attached hydrogens (tertiary/aromatic N) is 2. The molecule has 0 aromatic carbocycles. The molecule has 2 nitrogen and oxygen atoms in total. The van der Waals surface area contributed by atoms with Crippen molar-refractivity contribution in [3.8, 4) is 0 Å². The number of hydrogen-bond donors (Lipinski definition) is 1. The third kappa shape index (κ3) is 1.47. The first-order chi connectivity index (χ1) is 4.75. The van der Waals surface area contributed by atoms with E-state index in [2.05, 4.69) is 17.7 Å². The highest BCUT2D eigenvalue weighted by Crippen LogP contribution is 2.12. The van der Waals surface area contributed by atoms with Gasteiger partial charge in [-0.3, -0.25) is 4.68 Å². The third-order valence-corrected chi connectivity index (χ3v) is 1.93. The SMILES string of the molecule is Cc1c(Cl)cnn1CCS. The van der Waals surface area contributed by atoms with E-state index in [1.54, 1.807) is 6.20 Å². The number of hydrogen-bond acceptors (Lipinski definition) is 2. The molecule has 0 unspecified atom stereocenters. The van der Waals surface area contributed by atoms with Gasteiger partial charge in [0.2, 0.25) is 0 Å². The van der Waals surface area contributed by atoms with Crippen molar-refractivity contribution in [2.45, 2.75) is 13.5 Å². The molecular weight excluding hydrogens is 168 g/mol. The van der Waals surface area contributed by atoms with Crippen molar-refractivity contribution in [3.63, 3.8) is 0 Å². The van der Waals surface area contributed by atoms with Gasteiger partial charge >= 0.3 is 0 Å². The lowest BCUT2D eigenvalue weighted by Gasteiger charge is -1.99. The summed E-state index contributed by atoms with van der Waals surface area (Å²) in [5.41, 5.74) is 1.01. The molecule has 0 radical (unpaired) electrons. The molecule has 0 aliphatic carbocycles. The van der Waals surface area contributed by atoms with E-state index in [4.69, 9.17) is 11.6 Å². The Balaban J connectivity index is 2.83. The molecular formula is C6H9ClN2S. The Kier molecular flexibility index (Phi) is 2.63. The second kappa shape index (κ2) is 3.30. The molecule has 1 rings (SSSR count). The molecule has 0 spiro atoms. The van der Waals surface area contributed by atoms with E-state index in [-0.39, 0.29) is 0 Å². The fraction of sp³-hybridized carbons (Fsp3) is 0.500. The maximum absolute atomic E-state index is 5.76. The molecule has 1 heterocycles. The van der Waals surface area contributed by atoms with Gasteiger partial charge in [-0.15, -0.1) is 0 Å². The van der Waals surface area contributed by atoms with Gasteiger partial charge in [0, 0.05) is 5.75 Å². The summed E-state index contributed by atoms with van der Waals surface area (Å²) in [5.74, 6) is 0.791. The Hall–Kier alpha value is -0.150. The monoisotopic (exact) mass is 176 g/mol. The average Bonchev–Trinajstić information content (AvgIpc) is 2.20. The quantitative estimate of drug-likeness (QED) is 0.681. The van der Waals surface area contributed by atoms with Gasteiger partial charge in [-0.25, -0.2) is 0 Å². The molecule has 1 aromatic heterocycles. The summed E-state index contributed by atoms with van der Waals surface area (Å²) in [4.78, 5) is 0.